The number of anilines is 1. The zero-order chi connectivity index (χ0) is 17.4. The van der Waals surface area contributed by atoms with E-state index in [0.717, 1.165) is 27.7 Å². The van der Waals surface area contributed by atoms with Crippen molar-refractivity contribution in [3.63, 3.8) is 0 Å². The van der Waals surface area contributed by atoms with E-state index >= 15 is 0 Å². The van der Waals surface area contributed by atoms with E-state index in [4.69, 9.17) is 11.6 Å². The van der Waals surface area contributed by atoms with Crippen LogP contribution in [0.4, 0.5) is 5.69 Å². The number of benzene rings is 2. The Hall–Kier alpha value is -2.64. The second-order valence-corrected chi connectivity index (χ2v) is 6.92. The van der Waals surface area contributed by atoms with Gasteiger partial charge in [-0.3, -0.25) is 0 Å². The third-order valence-electron chi connectivity index (χ3n) is 4.75. The molecular formula is C20H17ClN4. The summed E-state index contributed by atoms with van der Waals surface area (Å²) in [5, 5.41) is 22.8. The Kier molecular flexibility index (Phi) is 4.03. The first-order valence-electron chi connectivity index (χ1n) is 8.39. The minimum Gasteiger partial charge on any atom is -0.379 e. The van der Waals surface area contributed by atoms with E-state index in [1.165, 1.54) is 12.8 Å². The van der Waals surface area contributed by atoms with Crippen molar-refractivity contribution >= 4 is 28.2 Å². The van der Waals surface area contributed by atoms with E-state index in [1.54, 1.807) is 0 Å². The van der Waals surface area contributed by atoms with Crippen molar-refractivity contribution in [1.82, 2.24) is 10.2 Å². The molecule has 5 heteroatoms. The van der Waals surface area contributed by atoms with Crippen LogP contribution in [0.2, 0.25) is 5.02 Å². The summed E-state index contributed by atoms with van der Waals surface area (Å²) in [6.07, 6.45) is 2.48. The molecule has 0 unspecified atom stereocenters. The Morgan fingerprint density at radius 2 is 2.00 bits per heavy atom. The molecule has 4 nitrogen and oxygen atoms in total. The van der Waals surface area contributed by atoms with Gasteiger partial charge in [-0.2, -0.15) is 5.26 Å². The Morgan fingerprint density at radius 1 is 1.20 bits per heavy atom. The van der Waals surface area contributed by atoms with Crippen molar-refractivity contribution in [3.05, 3.63) is 53.2 Å². The van der Waals surface area contributed by atoms with Gasteiger partial charge in [0.15, 0.2) is 5.69 Å². The van der Waals surface area contributed by atoms with Gasteiger partial charge >= 0.3 is 0 Å². The first-order chi connectivity index (χ1) is 12.2. The molecule has 1 aliphatic rings. The van der Waals surface area contributed by atoms with E-state index in [0.29, 0.717) is 22.7 Å². The van der Waals surface area contributed by atoms with Crippen LogP contribution in [0.1, 0.15) is 25.5 Å². The van der Waals surface area contributed by atoms with Crippen molar-refractivity contribution < 1.29 is 0 Å². The van der Waals surface area contributed by atoms with Gasteiger partial charge in [0.2, 0.25) is 0 Å². The molecule has 0 saturated heterocycles. The average molecular weight is 349 g/mol. The number of nitrogens with one attached hydrogen (secondary N) is 1. The van der Waals surface area contributed by atoms with Gasteiger partial charge in [-0.25, -0.2) is 0 Å². The molecule has 1 saturated carbocycles. The highest BCUT2D eigenvalue weighted by atomic mass is 35.5. The topological polar surface area (TPSA) is 61.6 Å². The third kappa shape index (κ3) is 3.04. The van der Waals surface area contributed by atoms with Crippen LogP contribution in [0.5, 0.6) is 0 Å². The Bertz CT molecular complexity index is 989. The summed E-state index contributed by atoms with van der Waals surface area (Å²) in [6, 6.07) is 16.2. The highest BCUT2D eigenvalue weighted by Gasteiger charge is 2.29. The second kappa shape index (κ2) is 6.34. The summed E-state index contributed by atoms with van der Waals surface area (Å²) in [5.74, 6) is 0.678. The molecule has 0 amide bonds. The molecule has 25 heavy (non-hydrogen) atoms. The van der Waals surface area contributed by atoms with E-state index in [1.807, 2.05) is 42.5 Å². The lowest BCUT2D eigenvalue weighted by atomic mass is 10.0. The van der Waals surface area contributed by atoms with Crippen molar-refractivity contribution in [2.45, 2.75) is 25.8 Å². The van der Waals surface area contributed by atoms with E-state index in [-0.39, 0.29) is 0 Å². The minimum atomic E-state index is 0.322. The Labute approximate surface area is 151 Å². The van der Waals surface area contributed by atoms with Crippen LogP contribution in [-0.4, -0.2) is 16.2 Å². The molecule has 0 spiro atoms. The molecule has 2 aromatic carbocycles. The number of rotatable bonds is 4. The lowest BCUT2D eigenvalue weighted by molar-refractivity contribution is 0.694. The van der Waals surface area contributed by atoms with E-state index in [2.05, 4.69) is 28.5 Å². The van der Waals surface area contributed by atoms with Crippen LogP contribution in [0.15, 0.2) is 42.5 Å². The molecule has 1 heterocycles. The molecule has 1 N–H and O–H groups in total. The standard InChI is InChI=1S/C20H17ClN4/c1-12(13-6-7-13)23-20-16-9-8-14(15-4-2-3-5-17(15)21)10-18(16)24-25-19(20)11-22/h2-5,8-10,12-13H,6-7H2,1H3,(H,23,24)/t12-/m1/s1. The highest BCUT2D eigenvalue weighted by molar-refractivity contribution is 6.33. The van der Waals surface area contributed by atoms with Crippen LogP contribution in [-0.2, 0) is 0 Å². The smallest absolute Gasteiger partial charge is 0.186 e. The first-order valence-corrected chi connectivity index (χ1v) is 8.77. The summed E-state index contributed by atoms with van der Waals surface area (Å²) in [6.45, 7) is 2.16. The minimum absolute atomic E-state index is 0.322. The molecule has 1 aliphatic carbocycles. The summed E-state index contributed by atoms with van der Waals surface area (Å²) in [7, 11) is 0. The fourth-order valence-corrected chi connectivity index (χ4v) is 3.38. The predicted octanol–water partition coefficient (Wildman–Crippen LogP) is 5.03. The van der Waals surface area contributed by atoms with Crippen molar-refractivity contribution in [2.24, 2.45) is 5.92 Å². The zero-order valence-corrected chi connectivity index (χ0v) is 14.6. The van der Waals surface area contributed by atoms with Gasteiger partial charge < -0.3 is 5.32 Å². The molecule has 0 bridgehead atoms. The van der Waals surface area contributed by atoms with E-state index < -0.39 is 0 Å². The Balaban J connectivity index is 1.81. The average Bonchev–Trinajstić information content (AvgIpc) is 3.47. The number of hydrogen-bond acceptors (Lipinski definition) is 4. The summed E-state index contributed by atoms with van der Waals surface area (Å²) in [5.41, 5.74) is 3.81. The van der Waals surface area contributed by atoms with Crippen molar-refractivity contribution in [3.8, 4) is 17.2 Å². The second-order valence-electron chi connectivity index (χ2n) is 6.52. The normalized spacial score (nSPS) is 14.9. The van der Waals surface area contributed by atoms with Gasteiger partial charge in [-0.1, -0.05) is 35.9 Å². The number of nitriles is 1. The van der Waals surface area contributed by atoms with Crippen LogP contribution < -0.4 is 5.32 Å². The van der Waals surface area contributed by atoms with Crippen LogP contribution in [0.3, 0.4) is 0 Å². The van der Waals surface area contributed by atoms with E-state index in [9.17, 15) is 5.26 Å². The molecule has 1 aromatic heterocycles. The predicted molar refractivity (Wildman–Crippen MR) is 101 cm³/mol. The van der Waals surface area contributed by atoms with Crippen molar-refractivity contribution in [2.75, 3.05) is 5.32 Å². The monoisotopic (exact) mass is 348 g/mol. The summed E-state index contributed by atoms with van der Waals surface area (Å²) < 4.78 is 0. The SMILES string of the molecule is C[C@@H](Nc1c(C#N)nnc2cc(-c3ccccc3Cl)ccc12)C1CC1. The molecular weight excluding hydrogens is 332 g/mol. The van der Waals surface area contributed by atoms with Crippen LogP contribution in [0.25, 0.3) is 22.0 Å². The van der Waals surface area contributed by atoms with Gasteiger partial charge in [0.25, 0.3) is 0 Å². The lowest BCUT2D eigenvalue weighted by Crippen LogP contribution is -2.19. The largest absolute Gasteiger partial charge is 0.379 e. The van der Waals surface area contributed by atoms with Crippen LogP contribution in [0, 0.1) is 17.2 Å². The fraction of sp³-hybridized carbons (Fsp3) is 0.250. The number of hydrogen-bond donors (Lipinski definition) is 1. The zero-order valence-electron chi connectivity index (χ0n) is 13.8. The summed E-state index contributed by atoms with van der Waals surface area (Å²) >= 11 is 6.31. The summed E-state index contributed by atoms with van der Waals surface area (Å²) in [4.78, 5) is 0. The highest BCUT2D eigenvalue weighted by Crippen LogP contribution is 2.36. The molecule has 1 atom stereocenters. The number of aromatic nitrogens is 2. The van der Waals surface area contributed by atoms with Gasteiger partial charge in [-0.15, -0.1) is 10.2 Å². The maximum Gasteiger partial charge on any atom is 0.186 e. The molecule has 124 valence electrons. The maximum absolute atomic E-state index is 9.40. The van der Waals surface area contributed by atoms with Crippen LogP contribution >= 0.6 is 11.6 Å². The van der Waals surface area contributed by atoms with Gasteiger partial charge in [0.1, 0.15) is 6.07 Å². The Morgan fingerprint density at radius 3 is 2.72 bits per heavy atom. The van der Waals surface area contributed by atoms with Crippen molar-refractivity contribution in [1.29, 1.82) is 5.26 Å². The fourth-order valence-electron chi connectivity index (χ4n) is 3.14. The third-order valence-corrected chi connectivity index (χ3v) is 5.08. The van der Waals surface area contributed by atoms with Gasteiger partial charge in [0.05, 0.1) is 11.2 Å². The lowest BCUT2D eigenvalue weighted by Gasteiger charge is -2.17. The molecule has 0 aliphatic heterocycles. The molecule has 1 fully saturated rings. The number of nitrogens with zero attached hydrogens (tertiary/aromatic N) is 3. The number of halogens is 1. The molecule has 0 radical (unpaired) electrons. The number of fused-ring (bicyclic) bond motifs is 1. The molecule has 3 aromatic rings. The first kappa shape index (κ1) is 15.9. The maximum atomic E-state index is 9.40. The quantitative estimate of drug-likeness (QED) is 0.718. The van der Waals surface area contributed by atoms with Gasteiger partial charge in [0, 0.05) is 22.0 Å². The van der Waals surface area contributed by atoms with Gasteiger partial charge in [-0.05, 0) is 49.4 Å². The molecule has 4 rings (SSSR count).